The first-order chi connectivity index (χ1) is 8.30. The van der Waals surface area contributed by atoms with Crippen LogP contribution in [0.25, 0.3) is 0 Å². The second-order valence-electron chi connectivity index (χ2n) is 5.59. The summed E-state index contributed by atoms with van der Waals surface area (Å²) in [5, 5.41) is 9.26. The summed E-state index contributed by atoms with van der Waals surface area (Å²) in [7, 11) is 0. The Labute approximate surface area is 109 Å². The molecule has 1 N–H and O–H groups in total. The molecule has 1 rings (SSSR count). The Morgan fingerprint density at radius 3 is 2.50 bits per heavy atom. The first-order valence-corrected chi connectivity index (χ1v) is 6.46. The summed E-state index contributed by atoms with van der Waals surface area (Å²) in [5.41, 5.74) is -0.0493. The lowest BCUT2D eigenvalue weighted by atomic mass is 9.74. The summed E-state index contributed by atoms with van der Waals surface area (Å²) in [4.78, 5) is 25.1. The predicted octanol–water partition coefficient (Wildman–Crippen LogP) is 2.30. The summed E-state index contributed by atoms with van der Waals surface area (Å²) < 4.78 is 0. The normalized spacial score (nSPS) is 21.9. The van der Waals surface area contributed by atoms with E-state index in [-0.39, 0.29) is 11.8 Å². The van der Waals surface area contributed by atoms with Gasteiger partial charge in [0.15, 0.2) is 0 Å². The Bertz CT molecular complexity index is 371. The van der Waals surface area contributed by atoms with E-state index in [0.29, 0.717) is 6.54 Å². The van der Waals surface area contributed by atoms with Gasteiger partial charge >= 0.3 is 5.97 Å². The van der Waals surface area contributed by atoms with E-state index in [9.17, 15) is 14.7 Å². The van der Waals surface area contributed by atoms with Gasteiger partial charge in [-0.15, -0.1) is 0 Å². The van der Waals surface area contributed by atoms with Crippen LogP contribution in [0, 0.1) is 11.3 Å². The van der Waals surface area contributed by atoms with Gasteiger partial charge in [-0.25, -0.2) is 0 Å². The summed E-state index contributed by atoms with van der Waals surface area (Å²) in [6, 6.07) is 0. The number of carboxylic acid groups (broad SMARTS) is 1. The minimum Gasteiger partial charge on any atom is -0.481 e. The molecule has 0 aromatic rings. The summed E-state index contributed by atoms with van der Waals surface area (Å²) in [6.45, 7) is 8.41. The van der Waals surface area contributed by atoms with Gasteiger partial charge in [0.1, 0.15) is 0 Å². The van der Waals surface area contributed by atoms with Gasteiger partial charge in [0.05, 0.1) is 5.41 Å². The van der Waals surface area contributed by atoms with Crippen LogP contribution in [0.2, 0.25) is 0 Å². The third kappa shape index (κ3) is 2.92. The van der Waals surface area contributed by atoms with Crippen LogP contribution in [0.1, 0.15) is 40.5 Å². The molecule has 4 nitrogen and oxygen atoms in total. The van der Waals surface area contributed by atoms with Crippen molar-refractivity contribution in [1.29, 1.82) is 0 Å². The van der Waals surface area contributed by atoms with Crippen LogP contribution in [0.5, 0.6) is 0 Å². The molecule has 0 bridgehead atoms. The maximum Gasteiger partial charge on any atom is 0.309 e. The quantitative estimate of drug-likeness (QED) is 0.785. The zero-order valence-corrected chi connectivity index (χ0v) is 11.7. The Hall–Kier alpha value is -1.32. The number of nitrogens with zero attached hydrogens (tertiary/aromatic N) is 1. The van der Waals surface area contributed by atoms with Gasteiger partial charge in [0.2, 0.25) is 5.91 Å². The Kier molecular flexibility index (Phi) is 4.54. The minimum absolute atomic E-state index is 0.0253. The molecule has 1 amide bonds. The van der Waals surface area contributed by atoms with Crippen molar-refractivity contribution in [2.75, 3.05) is 13.1 Å². The van der Waals surface area contributed by atoms with E-state index in [1.54, 1.807) is 31.7 Å². The molecule has 0 aromatic heterocycles. The van der Waals surface area contributed by atoms with Gasteiger partial charge in [-0.05, 0) is 46.5 Å². The van der Waals surface area contributed by atoms with E-state index < -0.39 is 11.4 Å². The van der Waals surface area contributed by atoms with Crippen LogP contribution in [-0.2, 0) is 9.59 Å². The molecule has 1 fully saturated rings. The summed E-state index contributed by atoms with van der Waals surface area (Å²) >= 11 is 0. The molecular formula is C14H23NO3. The van der Waals surface area contributed by atoms with Crippen LogP contribution in [0.3, 0.4) is 0 Å². The molecule has 1 aliphatic rings. The number of hydrogen-bond acceptors (Lipinski definition) is 2. The van der Waals surface area contributed by atoms with E-state index in [0.717, 1.165) is 25.0 Å². The van der Waals surface area contributed by atoms with Crippen molar-refractivity contribution in [3.63, 3.8) is 0 Å². The van der Waals surface area contributed by atoms with Gasteiger partial charge in [0.25, 0.3) is 0 Å². The smallest absolute Gasteiger partial charge is 0.309 e. The van der Waals surface area contributed by atoms with Crippen LogP contribution in [-0.4, -0.2) is 35.0 Å². The highest BCUT2D eigenvalue weighted by atomic mass is 16.4. The molecule has 1 heterocycles. The summed E-state index contributed by atoms with van der Waals surface area (Å²) in [5.74, 6) is -0.731. The number of likely N-dealkylation sites (tertiary alicyclic amines) is 1. The molecule has 0 spiro atoms. The lowest BCUT2D eigenvalue weighted by molar-refractivity contribution is -0.152. The second-order valence-corrected chi connectivity index (χ2v) is 5.59. The van der Waals surface area contributed by atoms with Gasteiger partial charge in [0, 0.05) is 18.7 Å². The van der Waals surface area contributed by atoms with Gasteiger partial charge in [-0.3, -0.25) is 9.59 Å². The van der Waals surface area contributed by atoms with Gasteiger partial charge in [-0.2, -0.15) is 0 Å². The zero-order valence-electron chi connectivity index (χ0n) is 11.7. The van der Waals surface area contributed by atoms with Crippen LogP contribution in [0.15, 0.2) is 11.6 Å². The number of carboxylic acids is 1. The highest BCUT2D eigenvalue weighted by Gasteiger charge is 2.39. The third-order valence-electron chi connectivity index (χ3n) is 4.05. The summed E-state index contributed by atoms with van der Waals surface area (Å²) in [6.07, 6.45) is 3.55. The highest BCUT2D eigenvalue weighted by Crippen LogP contribution is 2.34. The lowest BCUT2D eigenvalue weighted by Crippen LogP contribution is -2.47. The maximum absolute atomic E-state index is 12.1. The van der Waals surface area contributed by atoms with E-state index in [1.165, 1.54) is 0 Å². The molecule has 18 heavy (non-hydrogen) atoms. The number of allylic oxidation sites excluding steroid dienone is 1. The number of amides is 1. The van der Waals surface area contributed by atoms with Crippen LogP contribution in [0.4, 0.5) is 0 Å². The van der Waals surface area contributed by atoms with E-state index in [1.807, 2.05) is 6.92 Å². The topological polar surface area (TPSA) is 57.6 Å². The van der Waals surface area contributed by atoms with Crippen molar-refractivity contribution in [3.05, 3.63) is 11.6 Å². The molecule has 1 aliphatic heterocycles. The number of carbonyl (C=O) groups excluding carboxylic acids is 1. The number of carbonyl (C=O) groups is 2. The molecule has 4 heteroatoms. The Morgan fingerprint density at radius 2 is 2.00 bits per heavy atom. The number of rotatable bonds is 3. The first kappa shape index (κ1) is 14.7. The molecule has 1 saturated heterocycles. The molecule has 0 saturated carbocycles. The van der Waals surface area contributed by atoms with E-state index in [2.05, 4.69) is 0 Å². The molecular weight excluding hydrogens is 230 g/mol. The average molecular weight is 253 g/mol. The number of hydrogen-bond donors (Lipinski definition) is 1. The van der Waals surface area contributed by atoms with Crippen LogP contribution >= 0.6 is 0 Å². The minimum atomic E-state index is -0.787. The molecule has 102 valence electrons. The fourth-order valence-corrected chi connectivity index (χ4v) is 2.30. The Balaban J connectivity index is 2.79. The van der Waals surface area contributed by atoms with Crippen molar-refractivity contribution >= 4 is 11.9 Å². The SMILES string of the molecule is C/C=C(\C)C(=O)N1CCC[C@@H](C(C)(C)C(=O)O)C1. The van der Waals surface area contributed by atoms with E-state index in [4.69, 9.17) is 0 Å². The van der Waals surface area contributed by atoms with Crippen molar-refractivity contribution in [1.82, 2.24) is 4.90 Å². The fourth-order valence-electron chi connectivity index (χ4n) is 2.30. The van der Waals surface area contributed by atoms with Gasteiger partial charge in [-0.1, -0.05) is 6.08 Å². The molecule has 0 unspecified atom stereocenters. The first-order valence-electron chi connectivity index (χ1n) is 6.46. The van der Waals surface area contributed by atoms with Crippen LogP contribution < -0.4 is 0 Å². The molecule has 0 radical (unpaired) electrons. The number of piperidine rings is 1. The lowest BCUT2D eigenvalue weighted by Gasteiger charge is -2.39. The van der Waals surface area contributed by atoms with Crippen molar-refractivity contribution < 1.29 is 14.7 Å². The maximum atomic E-state index is 12.1. The van der Waals surface area contributed by atoms with E-state index >= 15 is 0 Å². The Morgan fingerprint density at radius 1 is 1.39 bits per heavy atom. The fraction of sp³-hybridized carbons (Fsp3) is 0.714. The second kappa shape index (κ2) is 5.55. The van der Waals surface area contributed by atoms with Gasteiger partial charge < -0.3 is 10.0 Å². The molecule has 0 aliphatic carbocycles. The monoisotopic (exact) mass is 253 g/mol. The number of aliphatic carboxylic acids is 1. The molecule has 1 atom stereocenters. The predicted molar refractivity (Wildman–Crippen MR) is 70.2 cm³/mol. The highest BCUT2D eigenvalue weighted by molar-refractivity contribution is 5.92. The molecule has 0 aromatic carbocycles. The van der Waals surface area contributed by atoms with Crippen molar-refractivity contribution in [2.45, 2.75) is 40.5 Å². The third-order valence-corrected chi connectivity index (χ3v) is 4.05. The average Bonchev–Trinajstić information content (AvgIpc) is 2.36. The van der Waals surface area contributed by atoms with Crippen molar-refractivity contribution in [3.8, 4) is 0 Å². The zero-order chi connectivity index (χ0) is 13.9. The largest absolute Gasteiger partial charge is 0.481 e. The van der Waals surface area contributed by atoms with Crippen molar-refractivity contribution in [2.24, 2.45) is 11.3 Å². The standard InChI is InChI=1S/C14H23NO3/c1-5-10(2)12(16)15-8-6-7-11(9-15)14(3,4)13(17)18/h5,11H,6-9H2,1-4H3,(H,17,18)/b10-5+/t11-/m1/s1.